The molecule has 0 radical (unpaired) electrons. The summed E-state index contributed by atoms with van der Waals surface area (Å²) in [6.45, 7) is 0. The zero-order chi connectivity index (χ0) is 16.8. The highest BCUT2D eigenvalue weighted by Gasteiger charge is 2.08. The van der Waals surface area contributed by atoms with Crippen molar-refractivity contribution in [1.29, 1.82) is 0 Å². The minimum Gasteiger partial charge on any atom is -0.0836 e. The Kier molecular flexibility index (Phi) is 3.26. The SMILES string of the molecule is Clc1cc2ccc(-c3cccc4ccccc34)cc2c2ccccc12. The molecule has 0 amide bonds. The van der Waals surface area contributed by atoms with Crippen LogP contribution in [0.3, 0.4) is 0 Å². The van der Waals surface area contributed by atoms with E-state index in [9.17, 15) is 0 Å². The van der Waals surface area contributed by atoms with Crippen LogP contribution < -0.4 is 0 Å². The first-order valence-corrected chi connectivity index (χ1v) is 8.78. The van der Waals surface area contributed by atoms with Gasteiger partial charge >= 0.3 is 0 Å². The Morgan fingerprint density at radius 3 is 2.08 bits per heavy atom. The average Bonchev–Trinajstić information content (AvgIpc) is 2.68. The molecule has 5 aromatic carbocycles. The van der Waals surface area contributed by atoms with Crippen LogP contribution in [-0.4, -0.2) is 0 Å². The molecule has 0 nitrogen and oxygen atoms in total. The quantitative estimate of drug-likeness (QED) is 0.278. The fraction of sp³-hybridized carbons (Fsp3) is 0. The van der Waals surface area contributed by atoms with Gasteiger partial charge in [0.25, 0.3) is 0 Å². The summed E-state index contributed by atoms with van der Waals surface area (Å²) in [4.78, 5) is 0. The predicted octanol–water partition coefficient (Wildman–Crippen LogP) is 7.47. The van der Waals surface area contributed by atoms with Crippen molar-refractivity contribution in [3.8, 4) is 11.1 Å². The Morgan fingerprint density at radius 2 is 1.20 bits per heavy atom. The maximum atomic E-state index is 6.47. The maximum absolute atomic E-state index is 6.47. The van der Waals surface area contributed by atoms with E-state index in [0.29, 0.717) is 0 Å². The lowest BCUT2D eigenvalue weighted by Gasteiger charge is -2.11. The molecule has 0 saturated heterocycles. The Labute approximate surface area is 151 Å². The van der Waals surface area contributed by atoms with E-state index in [1.807, 2.05) is 6.07 Å². The molecule has 5 aromatic rings. The van der Waals surface area contributed by atoms with Crippen LogP contribution in [0.1, 0.15) is 0 Å². The number of hydrogen-bond donors (Lipinski definition) is 0. The highest BCUT2D eigenvalue weighted by atomic mass is 35.5. The summed E-state index contributed by atoms with van der Waals surface area (Å²) >= 11 is 6.47. The fourth-order valence-corrected chi connectivity index (χ4v) is 3.98. The van der Waals surface area contributed by atoms with Crippen LogP contribution in [0.15, 0.2) is 91.0 Å². The molecule has 0 aromatic heterocycles. The first-order valence-electron chi connectivity index (χ1n) is 8.40. The van der Waals surface area contributed by atoms with Gasteiger partial charge in [0.05, 0.1) is 0 Å². The molecule has 0 unspecified atom stereocenters. The second kappa shape index (κ2) is 5.61. The molecule has 0 heterocycles. The van der Waals surface area contributed by atoms with Crippen LogP contribution in [-0.2, 0) is 0 Å². The number of fused-ring (bicyclic) bond motifs is 4. The molecule has 0 spiro atoms. The highest BCUT2D eigenvalue weighted by Crippen LogP contribution is 2.36. The van der Waals surface area contributed by atoms with Crippen LogP contribution in [0.4, 0.5) is 0 Å². The lowest BCUT2D eigenvalue weighted by Crippen LogP contribution is -1.84. The van der Waals surface area contributed by atoms with Crippen molar-refractivity contribution in [2.24, 2.45) is 0 Å². The van der Waals surface area contributed by atoms with E-state index in [2.05, 4.69) is 84.9 Å². The number of hydrogen-bond acceptors (Lipinski definition) is 0. The Balaban J connectivity index is 1.86. The standard InChI is InChI=1S/C24H15Cl/c25-24-15-18-13-12-17(14-23(18)21-9-3-4-10-22(21)24)20-11-5-7-16-6-1-2-8-19(16)20/h1-15H. The molecule has 0 saturated carbocycles. The van der Waals surface area contributed by atoms with Crippen LogP contribution in [0.2, 0.25) is 5.02 Å². The van der Waals surface area contributed by atoms with E-state index >= 15 is 0 Å². The molecule has 0 aliphatic rings. The molecule has 0 aliphatic carbocycles. The van der Waals surface area contributed by atoms with E-state index in [-0.39, 0.29) is 0 Å². The largest absolute Gasteiger partial charge is 0.0836 e. The molecule has 118 valence electrons. The van der Waals surface area contributed by atoms with Crippen LogP contribution in [0.25, 0.3) is 43.4 Å². The summed E-state index contributed by atoms with van der Waals surface area (Å²) in [5.74, 6) is 0. The Morgan fingerprint density at radius 1 is 0.480 bits per heavy atom. The lowest BCUT2D eigenvalue weighted by molar-refractivity contribution is 1.69. The first-order chi connectivity index (χ1) is 12.3. The van der Waals surface area contributed by atoms with Gasteiger partial charge in [-0.05, 0) is 50.2 Å². The van der Waals surface area contributed by atoms with E-state index in [4.69, 9.17) is 11.6 Å². The third kappa shape index (κ3) is 2.30. The topological polar surface area (TPSA) is 0 Å². The van der Waals surface area contributed by atoms with Crippen molar-refractivity contribution >= 4 is 43.9 Å². The number of benzene rings is 5. The van der Waals surface area contributed by atoms with Crippen molar-refractivity contribution in [2.45, 2.75) is 0 Å². The van der Waals surface area contributed by atoms with Gasteiger partial charge in [-0.1, -0.05) is 90.5 Å². The van der Waals surface area contributed by atoms with Crippen molar-refractivity contribution in [3.63, 3.8) is 0 Å². The molecular weight excluding hydrogens is 324 g/mol. The lowest BCUT2D eigenvalue weighted by atomic mass is 9.94. The highest BCUT2D eigenvalue weighted by molar-refractivity contribution is 6.37. The first kappa shape index (κ1) is 14.5. The van der Waals surface area contributed by atoms with Crippen molar-refractivity contribution in [2.75, 3.05) is 0 Å². The Hall–Kier alpha value is -2.83. The zero-order valence-corrected chi connectivity index (χ0v) is 14.3. The van der Waals surface area contributed by atoms with E-state index < -0.39 is 0 Å². The number of halogens is 1. The van der Waals surface area contributed by atoms with E-state index in [0.717, 1.165) is 10.4 Å². The fourth-order valence-electron chi connectivity index (χ4n) is 3.70. The molecule has 0 aliphatic heterocycles. The summed E-state index contributed by atoms with van der Waals surface area (Å²) in [5, 5.41) is 8.07. The Bertz CT molecular complexity index is 1250. The average molecular weight is 339 g/mol. The van der Waals surface area contributed by atoms with Crippen molar-refractivity contribution in [3.05, 3.63) is 96.0 Å². The van der Waals surface area contributed by atoms with Crippen LogP contribution in [0.5, 0.6) is 0 Å². The van der Waals surface area contributed by atoms with Gasteiger partial charge in [-0.25, -0.2) is 0 Å². The third-order valence-corrected chi connectivity index (χ3v) is 5.22. The van der Waals surface area contributed by atoms with Gasteiger partial charge in [0.2, 0.25) is 0 Å². The van der Waals surface area contributed by atoms with Gasteiger partial charge in [-0.2, -0.15) is 0 Å². The zero-order valence-electron chi connectivity index (χ0n) is 13.5. The van der Waals surface area contributed by atoms with E-state index in [1.165, 1.54) is 38.1 Å². The summed E-state index contributed by atoms with van der Waals surface area (Å²) < 4.78 is 0. The van der Waals surface area contributed by atoms with Gasteiger partial charge in [0, 0.05) is 10.4 Å². The smallest absolute Gasteiger partial charge is 0.0490 e. The number of rotatable bonds is 1. The van der Waals surface area contributed by atoms with Crippen LogP contribution >= 0.6 is 11.6 Å². The molecule has 1 heteroatoms. The minimum atomic E-state index is 0.806. The van der Waals surface area contributed by atoms with Crippen molar-refractivity contribution < 1.29 is 0 Å². The minimum absolute atomic E-state index is 0.806. The summed E-state index contributed by atoms with van der Waals surface area (Å²) in [7, 11) is 0. The molecule has 5 rings (SSSR count). The molecule has 0 fully saturated rings. The monoisotopic (exact) mass is 338 g/mol. The molecular formula is C24H15Cl. The van der Waals surface area contributed by atoms with Crippen LogP contribution in [0, 0.1) is 0 Å². The van der Waals surface area contributed by atoms with Gasteiger partial charge in [-0.15, -0.1) is 0 Å². The second-order valence-corrected chi connectivity index (χ2v) is 6.77. The molecule has 0 bridgehead atoms. The summed E-state index contributed by atoms with van der Waals surface area (Å²) in [5.41, 5.74) is 2.50. The van der Waals surface area contributed by atoms with E-state index in [1.54, 1.807) is 0 Å². The predicted molar refractivity (Wildman–Crippen MR) is 109 cm³/mol. The summed E-state index contributed by atoms with van der Waals surface area (Å²) in [6.07, 6.45) is 0. The molecule has 0 atom stereocenters. The molecule has 25 heavy (non-hydrogen) atoms. The molecule has 0 N–H and O–H groups in total. The van der Waals surface area contributed by atoms with Crippen molar-refractivity contribution in [1.82, 2.24) is 0 Å². The third-order valence-electron chi connectivity index (χ3n) is 4.91. The second-order valence-electron chi connectivity index (χ2n) is 6.37. The van der Waals surface area contributed by atoms with Gasteiger partial charge in [-0.3, -0.25) is 0 Å². The van der Waals surface area contributed by atoms with Gasteiger partial charge < -0.3 is 0 Å². The van der Waals surface area contributed by atoms with Gasteiger partial charge in [0.15, 0.2) is 0 Å². The maximum Gasteiger partial charge on any atom is 0.0490 e. The summed E-state index contributed by atoms with van der Waals surface area (Å²) in [6, 6.07) is 32.1. The van der Waals surface area contributed by atoms with Gasteiger partial charge in [0.1, 0.15) is 0 Å². The normalized spacial score (nSPS) is 11.4.